The number of nitrogens with zero attached hydrogens (tertiary/aromatic N) is 3. The fourth-order valence-corrected chi connectivity index (χ4v) is 2.24. The van der Waals surface area contributed by atoms with Gasteiger partial charge in [0.05, 0.1) is 16.8 Å². The molecule has 2 aromatic rings. The number of rotatable bonds is 4. The fourth-order valence-electron chi connectivity index (χ4n) is 1.62. The highest BCUT2D eigenvalue weighted by Crippen LogP contribution is 2.11. The van der Waals surface area contributed by atoms with Gasteiger partial charge in [-0.1, -0.05) is 0 Å². The van der Waals surface area contributed by atoms with Crippen LogP contribution >= 0.6 is 11.3 Å². The van der Waals surface area contributed by atoms with Crippen molar-refractivity contribution >= 4 is 11.3 Å². The van der Waals surface area contributed by atoms with Gasteiger partial charge in [-0.15, -0.1) is 11.3 Å². The van der Waals surface area contributed by atoms with Crippen LogP contribution in [0.15, 0.2) is 17.8 Å². The average molecular weight is 237 g/mol. The minimum absolute atomic E-state index is 0.414. The van der Waals surface area contributed by atoms with Crippen LogP contribution in [0, 0.1) is 6.92 Å². The lowest BCUT2D eigenvalue weighted by Gasteiger charge is -2.08. The third-order valence-electron chi connectivity index (χ3n) is 2.45. The Morgan fingerprint density at radius 2 is 2.31 bits per heavy atom. The van der Waals surface area contributed by atoms with Crippen LogP contribution in [-0.2, 0) is 19.9 Å². The third-order valence-corrected chi connectivity index (χ3v) is 3.27. The molecule has 0 radical (unpaired) electrons. The molecule has 0 fully saturated rings. The number of aliphatic hydroxyl groups excluding tert-OH is 1. The zero-order chi connectivity index (χ0) is 11.5. The van der Waals surface area contributed by atoms with Gasteiger partial charge in [-0.05, 0) is 6.92 Å². The van der Waals surface area contributed by atoms with E-state index in [1.54, 1.807) is 17.5 Å². The Morgan fingerprint density at radius 1 is 1.50 bits per heavy atom. The predicted octanol–water partition coefficient (Wildman–Crippen LogP) is 1.33. The van der Waals surface area contributed by atoms with Crippen molar-refractivity contribution in [1.29, 1.82) is 0 Å². The molecule has 1 unspecified atom stereocenters. The van der Waals surface area contributed by atoms with Gasteiger partial charge in [0.15, 0.2) is 0 Å². The summed E-state index contributed by atoms with van der Waals surface area (Å²) < 4.78 is 1.93. The molecule has 2 heterocycles. The van der Waals surface area contributed by atoms with Gasteiger partial charge in [0, 0.05) is 37.7 Å². The molecule has 86 valence electrons. The molecule has 16 heavy (non-hydrogen) atoms. The summed E-state index contributed by atoms with van der Waals surface area (Å²) in [6.45, 7) is 1.97. The monoisotopic (exact) mass is 237 g/mol. The van der Waals surface area contributed by atoms with Crippen LogP contribution in [0.1, 0.15) is 16.5 Å². The van der Waals surface area contributed by atoms with Crippen molar-refractivity contribution in [2.75, 3.05) is 0 Å². The number of imidazole rings is 1. The number of aliphatic hydroxyl groups is 1. The van der Waals surface area contributed by atoms with Crippen molar-refractivity contribution in [3.05, 3.63) is 34.3 Å². The SMILES string of the molecule is Cc1nc(CC(O)Cc2nccn2C)cs1. The van der Waals surface area contributed by atoms with Crippen LogP contribution in [0.5, 0.6) is 0 Å². The summed E-state index contributed by atoms with van der Waals surface area (Å²) in [7, 11) is 1.93. The molecule has 0 saturated carbocycles. The summed E-state index contributed by atoms with van der Waals surface area (Å²) in [5.41, 5.74) is 0.962. The summed E-state index contributed by atoms with van der Waals surface area (Å²) in [6, 6.07) is 0. The van der Waals surface area contributed by atoms with E-state index in [1.807, 2.05) is 30.1 Å². The zero-order valence-electron chi connectivity index (χ0n) is 9.42. The molecule has 0 aliphatic heterocycles. The van der Waals surface area contributed by atoms with Gasteiger partial charge < -0.3 is 9.67 Å². The average Bonchev–Trinajstić information content (AvgIpc) is 2.77. The van der Waals surface area contributed by atoms with Crippen molar-refractivity contribution in [2.24, 2.45) is 7.05 Å². The van der Waals surface area contributed by atoms with Crippen LogP contribution < -0.4 is 0 Å². The first kappa shape index (κ1) is 11.3. The van der Waals surface area contributed by atoms with Crippen LogP contribution in [0.25, 0.3) is 0 Å². The molecule has 0 aliphatic rings. The second-order valence-corrected chi connectivity index (χ2v) is 4.94. The highest BCUT2D eigenvalue weighted by molar-refractivity contribution is 7.09. The minimum Gasteiger partial charge on any atom is -0.392 e. The second-order valence-electron chi connectivity index (χ2n) is 3.87. The Hall–Kier alpha value is -1.20. The van der Waals surface area contributed by atoms with Gasteiger partial charge in [0.2, 0.25) is 0 Å². The summed E-state index contributed by atoms with van der Waals surface area (Å²) in [4.78, 5) is 8.52. The Labute approximate surface area is 98.6 Å². The molecule has 1 atom stereocenters. The molecule has 5 heteroatoms. The molecule has 0 saturated heterocycles. The minimum atomic E-state index is -0.414. The highest BCUT2D eigenvalue weighted by atomic mass is 32.1. The standard InChI is InChI=1S/C11H15N3OS/c1-8-13-9(7-16-8)5-10(15)6-11-12-3-4-14(11)2/h3-4,7,10,15H,5-6H2,1-2H3. The Bertz CT molecular complexity index is 463. The Balaban J connectivity index is 1.94. The molecular formula is C11H15N3OS. The van der Waals surface area contributed by atoms with Crippen molar-refractivity contribution in [3.8, 4) is 0 Å². The number of aromatic nitrogens is 3. The smallest absolute Gasteiger partial charge is 0.110 e. The topological polar surface area (TPSA) is 50.9 Å². The Kier molecular flexibility index (Phi) is 3.36. The first-order valence-electron chi connectivity index (χ1n) is 5.20. The first-order valence-corrected chi connectivity index (χ1v) is 6.08. The van der Waals surface area contributed by atoms with E-state index in [0.29, 0.717) is 12.8 Å². The number of hydrogen-bond donors (Lipinski definition) is 1. The maximum absolute atomic E-state index is 9.92. The summed E-state index contributed by atoms with van der Waals surface area (Å²) >= 11 is 1.61. The maximum Gasteiger partial charge on any atom is 0.110 e. The third kappa shape index (κ3) is 2.68. The van der Waals surface area contributed by atoms with E-state index in [2.05, 4.69) is 9.97 Å². The van der Waals surface area contributed by atoms with Crippen LogP contribution in [-0.4, -0.2) is 25.7 Å². The van der Waals surface area contributed by atoms with Crippen molar-refractivity contribution in [1.82, 2.24) is 14.5 Å². The Morgan fingerprint density at radius 3 is 2.88 bits per heavy atom. The number of thiazole rings is 1. The predicted molar refractivity (Wildman–Crippen MR) is 63.5 cm³/mol. The van der Waals surface area contributed by atoms with E-state index >= 15 is 0 Å². The zero-order valence-corrected chi connectivity index (χ0v) is 10.2. The molecule has 0 aromatic carbocycles. The van der Waals surface area contributed by atoms with Gasteiger partial charge in [-0.2, -0.15) is 0 Å². The lowest BCUT2D eigenvalue weighted by atomic mass is 10.1. The van der Waals surface area contributed by atoms with E-state index in [1.165, 1.54) is 0 Å². The fraction of sp³-hybridized carbons (Fsp3) is 0.455. The maximum atomic E-state index is 9.92. The molecule has 0 spiro atoms. The van der Waals surface area contributed by atoms with Crippen molar-refractivity contribution < 1.29 is 5.11 Å². The van der Waals surface area contributed by atoms with Gasteiger partial charge in [-0.3, -0.25) is 0 Å². The largest absolute Gasteiger partial charge is 0.392 e. The van der Waals surface area contributed by atoms with Crippen molar-refractivity contribution in [2.45, 2.75) is 25.9 Å². The molecule has 0 aliphatic carbocycles. The second kappa shape index (κ2) is 4.76. The lowest BCUT2D eigenvalue weighted by molar-refractivity contribution is 0.171. The van der Waals surface area contributed by atoms with Crippen LogP contribution in [0.3, 0.4) is 0 Å². The highest BCUT2D eigenvalue weighted by Gasteiger charge is 2.11. The molecule has 4 nitrogen and oxygen atoms in total. The van der Waals surface area contributed by atoms with Gasteiger partial charge in [0.1, 0.15) is 5.82 Å². The number of hydrogen-bond acceptors (Lipinski definition) is 4. The molecular weight excluding hydrogens is 222 g/mol. The summed E-state index contributed by atoms with van der Waals surface area (Å²) in [6.07, 6.45) is 4.38. The molecule has 2 aromatic heterocycles. The number of aryl methyl sites for hydroxylation is 2. The normalized spacial score (nSPS) is 12.9. The first-order chi connectivity index (χ1) is 7.65. The van der Waals surface area contributed by atoms with E-state index in [0.717, 1.165) is 16.5 Å². The summed E-state index contributed by atoms with van der Waals surface area (Å²) in [5.74, 6) is 0.902. The van der Waals surface area contributed by atoms with Crippen molar-refractivity contribution in [3.63, 3.8) is 0 Å². The molecule has 1 N–H and O–H groups in total. The van der Waals surface area contributed by atoms with E-state index in [9.17, 15) is 5.11 Å². The lowest BCUT2D eigenvalue weighted by Crippen LogP contribution is -2.16. The molecule has 0 amide bonds. The van der Waals surface area contributed by atoms with Gasteiger partial charge >= 0.3 is 0 Å². The van der Waals surface area contributed by atoms with Crippen LogP contribution in [0.4, 0.5) is 0 Å². The quantitative estimate of drug-likeness (QED) is 0.873. The molecule has 0 bridgehead atoms. The molecule has 2 rings (SSSR count). The van der Waals surface area contributed by atoms with E-state index < -0.39 is 6.10 Å². The van der Waals surface area contributed by atoms with Gasteiger partial charge in [-0.25, -0.2) is 9.97 Å². The van der Waals surface area contributed by atoms with Crippen LogP contribution in [0.2, 0.25) is 0 Å². The van der Waals surface area contributed by atoms with E-state index in [-0.39, 0.29) is 0 Å². The van der Waals surface area contributed by atoms with E-state index in [4.69, 9.17) is 0 Å². The van der Waals surface area contributed by atoms with Gasteiger partial charge in [0.25, 0.3) is 0 Å². The summed E-state index contributed by atoms with van der Waals surface area (Å²) in [5, 5.41) is 13.0.